The first kappa shape index (κ1) is 14.3. The number of nitrogens with zero attached hydrogens (tertiary/aromatic N) is 2. The molecule has 0 saturated carbocycles. The number of hydrogen-bond acceptors (Lipinski definition) is 5. The predicted molar refractivity (Wildman–Crippen MR) is 70.8 cm³/mol. The van der Waals surface area contributed by atoms with E-state index in [1.807, 2.05) is 4.90 Å². The third-order valence-corrected chi connectivity index (χ3v) is 3.35. The van der Waals surface area contributed by atoms with Crippen LogP contribution in [0.2, 0.25) is 0 Å². The number of carbonyl (C=O) groups is 1. The Labute approximate surface area is 115 Å². The Morgan fingerprint density at radius 3 is 2.95 bits per heavy atom. The molecular weight excluding hydrogens is 264 g/mol. The van der Waals surface area contributed by atoms with Gasteiger partial charge in [-0.15, -0.1) is 0 Å². The van der Waals surface area contributed by atoms with Crippen LogP contribution in [0.3, 0.4) is 0 Å². The fourth-order valence-corrected chi connectivity index (χ4v) is 2.38. The van der Waals surface area contributed by atoms with E-state index in [-0.39, 0.29) is 18.0 Å². The molecule has 0 unspecified atom stereocenters. The van der Waals surface area contributed by atoms with E-state index in [2.05, 4.69) is 0 Å². The molecule has 0 aliphatic carbocycles. The Balaban J connectivity index is 1.90. The first-order chi connectivity index (χ1) is 9.59. The van der Waals surface area contributed by atoms with Gasteiger partial charge in [-0.25, -0.2) is 0 Å². The van der Waals surface area contributed by atoms with E-state index in [0.29, 0.717) is 13.0 Å². The molecule has 0 bridgehead atoms. The zero-order valence-electron chi connectivity index (χ0n) is 10.9. The van der Waals surface area contributed by atoms with Gasteiger partial charge in [0.15, 0.2) is 5.75 Å². The summed E-state index contributed by atoms with van der Waals surface area (Å²) in [5.74, 6) is -0.614. The molecule has 0 radical (unpaired) electrons. The highest BCUT2D eigenvalue weighted by molar-refractivity contribution is 5.73. The molecule has 0 aromatic heterocycles. The van der Waals surface area contributed by atoms with Crippen LogP contribution in [0, 0.1) is 10.1 Å². The number of carboxylic acids is 1. The Morgan fingerprint density at radius 1 is 1.50 bits per heavy atom. The van der Waals surface area contributed by atoms with Crippen LogP contribution in [-0.4, -0.2) is 46.6 Å². The number of carboxylic acid groups (broad SMARTS) is 1. The van der Waals surface area contributed by atoms with E-state index < -0.39 is 16.9 Å². The second kappa shape index (κ2) is 6.33. The maximum absolute atomic E-state index is 11.0. The third-order valence-electron chi connectivity index (χ3n) is 3.35. The molecule has 0 amide bonds. The fourth-order valence-electron chi connectivity index (χ4n) is 2.38. The number of nitro groups is 1. The molecule has 7 nitrogen and oxygen atoms in total. The number of likely N-dealkylation sites (tertiary alicyclic amines) is 1. The molecule has 1 aromatic rings. The molecule has 20 heavy (non-hydrogen) atoms. The average molecular weight is 280 g/mol. The van der Waals surface area contributed by atoms with Crippen LogP contribution in [0.1, 0.15) is 12.8 Å². The Morgan fingerprint density at radius 2 is 2.25 bits per heavy atom. The Bertz CT molecular complexity index is 505. The minimum absolute atomic E-state index is 0.0799. The maximum atomic E-state index is 11.0. The van der Waals surface area contributed by atoms with Crippen LogP contribution in [0.25, 0.3) is 0 Å². The van der Waals surface area contributed by atoms with E-state index in [0.717, 1.165) is 13.0 Å². The van der Waals surface area contributed by atoms with Crippen LogP contribution in [-0.2, 0) is 4.79 Å². The van der Waals surface area contributed by atoms with E-state index in [1.54, 1.807) is 12.1 Å². The van der Waals surface area contributed by atoms with Gasteiger partial charge in [0.1, 0.15) is 12.6 Å². The number of hydrogen-bond donors (Lipinski definition) is 1. The number of benzene rings is 1. The van der Waals surface area contributed by atoms with Gasteiger partial charge in [0.25, 0.3) is 0 Å². The molecule has 1 aliphatic heterocycles. The summed E-state index contributed by atoms with van der Waals surface area (Å²) < 4.78 is 5.41. The summed E-state index contributed by atoms with van der Waals surface area (Å²) in [7, 11) is 0. The fraction of sp³-hybridized carbons (Fsp3) is 0.462. The van der Waals surface area contributed by atoms with Crippen LogP contribution in [0.5, 0.6) is 5.75 Å². The van der Waals surface area contributed by atoms with Crippen molar-refractivity contribution in [3.8, 4) is 5.75 Å². The first-order valence-electron chi connectivity index (χ1n) is 6.42. The molecule has 1 N–H and O–H groups in total. The number of rotatable bonds is 6. The van der Waals surface area contributed by atoms with Crippen molar-refractivity contribution in [2.24, 2.45) is 0 Å². The summed E-state index contributed by atoms with van der Waals surface area (Å²) in [5, 5.41) is 19.9. The lowest BCUT2D eigenvalue weighted by Gasteiger charge is -2.20. The summed E-state index contributed by atoms with van der Waals surface area (Å²) in [5.41, 5.74) is -0.0799. The van der Waals surface area contributed by atoms with Gasteiger partial charge in [-0.3, -0.25) is 19.8 Å². The Kier molecular flexibility index (Phi) is 4.52. The van der Waals surface area contributed by atoms with Crippen LogP contribution in [0.15, 0.2) is 24.3 Å². The lowest BCUT2D eigenvalue weighted by Crippen LogP contribution is -2.38. The smallest absolute Gasteiger partial charge is 0.320 e. The summed E-state index contributed by atoms with van der Waals surface area (Å²) in [6, 6.07) is 5.69. The van der Waals surface area contributed by atoms with Crippen LogP contribution < -0.4 is 4.74 Å². The molecule has 1 fully saturated rings. The van der Waals surface area contributed by atoms with Crippen molar-refractivity contribution in [1.82, 2.24) is 4.90 Å². The van der Waals surface area contributed by atoms with Crippen molar-refractivity contribution in [2.45, 2.75) is 18.9 Å². The van der Waals surface area contributed by atoms with Crippen LogP contribution in [0.4, 0.5) is 5.69 Å². The molecule has 1 heterocycles. The van der Waals surface area contributed by atoms with Gasteiger partial charge in [-0.1, -0.05) is 12.1 Å². The second-order valence-electron chi connectivity index (χ2n) is 4.61. The topological polar surface area (TPSA) is 92.9 Å². The second-order valence-corrected chi connectivity index (χ2v) is 4.61. The van der Waals surface area contributed by atoms with Gasteiger partial charge in [-0.05, 0) is 25.5 Å². The quantitative estimate of drug-likeness (QED) is 0.627. The third kappa shape index (κ3) is 3.24. The van der Waals surface area contributed by atoms with Crippen molar-refractivity contribution in [1.29, 1.82) is 0 Å². The van der Waals surface area contributed by atoms with Crippen molar-refractivity contribution in [3.63, 3.8) is 0 Å². The zero-order valence-corrected chi connectivity index (χ0v) is 10.9. The average Bonchev–Trinajstić information content (AvgIpc) is 2.87. The highest BCUT2D eigenvalue weighted by Crippen LogP contribution is 2.26. The van der Waals surface area contributed by atoms with Gasteiger partial charge in [0, 0.05) is 12.6 Å². The molecule has 7 heteroatoms. The Hall–Kier alpha value is -2.15. The van der Waals surface area contributed by atoms with Gasteiger partial charge >= 0.3 is 11.7 Å². The number of nitro benzene ring substituents is 1. The number of aliphatic carboxylic acids is 1. The molecule has 1 aromatic carbocycles. The summed E-state index contributed by atoms with van der Waals surface area (Å²) in [4.78, 5) is 23.2. The van der Waals surface area contributed by atoms with Crippen LogP contribution >= 0.6 is 0 Å². The summed E-state index contributed by atoms with van der Waals surface area (Å²) >= 11 is 0. The minimum Gasteiger partial charge on any atom is -0.485 e. The molecule has 2 rings (SSSR count). The van der Waals surface area contributed by atoms with E-state index >= 15 is 0 Å². The van der Waals surface area contributed by atoms with Crippen molar-refractivity contribution < 1.29 is 19.6 Å². The van der Waals surface area contributed by atoms with Crippen molar-refractivity contribution >= 4 is 11.7 Å². The predicted octanol–water partition coefficient (Wildman–Crippen LogP) is 1.52. The van der Waals surface area contributed by atoms with Crippen molar-refractivity contribution in [3.05, 3.63) is 34.4 Å². The molecule has 108 valence electrons. The highest BCUT2D eigenvalue weighted by Gasteiger charge is 2.30. The molecule has 1 saturated heterocycles. The zero-order chi connectivity index (χ0) is 14.5. The van der Waals surface area contributed by atoms with Gasteiger partial charge in [0.05, 0.1) is 4.92 Å². The van der Waals surface area contributed by atoms with E-state index in [1.165, 1.54) is 12.1 Å². The molecule has 0 spiro atoms. The van der Waals surface area contributed by atoms with Gasteiger partial charge in [0.2, 0.25) is 0 Å². The largest absolute Gasteiger partial charge is 0.485 e. The van der Waals surface area contributed by atoms with Gasteiger partial charge in [-0.2, -0.15) is 0 Å². The highest BCUT2D eigenvalue weighted by atomic mass is 16.6. The summed E-state index contributed by atoms with van der Waals surface area (Å²) in [6.07, 6.45) is 1.49. The standard InChI is InChI=1S/C13H16N2O5/c16-13(17)11-5-3-7-14(11)8-9-20-12-6-2-1-4-10(12)15(18)19/h1-2,4,6,11H,3,5,7-9H2,(H,16,17)/t11-/m0/s1. The molecule has 1 aliphatic rings. The normalized spacial score (nSPS) is 18.9. The van der Waals surface area contributed by atoms with Gasteiger partial charge < -0.3 is 9.84 Å². The number of ether oxygens (including phenoxy) is 1. The van der Waals surface area contributed by atoms with Crippen molar-refractivity contribution in [2.75, 3.05) is 19.7 Å². The lowest BCUT2D eigenvalue weighted by atomic mass is 10.2. The summed E-state index contributed by atoms with van der Waals surface area (Å²) in [6.45, 7) is 1.40. The molecular formula is C13H16N2O5. The maximum Gasteiger partial charge on any atom is 0.320 e. The van der Waals surface area contributed by atoms with E-state index in [4.69, 9.17) is 9.84 Å². The lowest BCUT2D eigenvalue weighted by molar-refractivity contribution is -0.385. The SMILES string of the molecule is O=C(O)[C@@H]1CCCN1CCOc1ccccc1[N+](=O)[O-]. The number of para-hydroxylation sites is 2. The molecule has 1 atom stereocenters. The first-order valence-corrected chi connectivity index (χ1v) is 6.42. The minimum atomic E-state index is -0.826. The van der Waals surface area contributed by atoms with E-state index in [9.17, 15) is 14.9 Å². The monoisotopic (exact) mass is 280 g/mol.